The van der Waals surface area contributed by atoms with E-state index in [2.05, 4.69) is 5.32 Å². The van der Waals surface area contributed by atoms with Crippen LogP contribution in [0.4, 0.5) is 10.5 Å². The SMILES string of the molecule is CC1(C(=O)O)CCN(C(=O)Nc2cccc(OC3CCCC3)c2)C1. The summed E-state index contributed by atoms with van der Waals surface area (Å²) < 4.78 is 5.94. The van der Waals surface area contributed by atoms with Gasteiger partial charge in [-0.1, -0.05) is 6.07 Å². The largest absolute Gasteiger partial charge is 0.490 e. The van der Waals surface area contributed by atoms with Crippen LogP contribution in [0.3, 0.4) is 0 Å². The Morgan fingerprint density at radius 1 is 1.33 bits per heavy atom. The van der Waals surface area contributed by atoms with Crippen LogP contribution in [0, 0.1) is 5.41 Å². The van der Waals surface area contributed by atoms with Gasteiger partial charge in [-0.2, -0.15) is 0 Å². The van der Waals surface area contributed by atoms with Gasteiger partial charge in [0.05, 0.1) is 11.5 Å². The molecule has 2 fully saturated rings. The number of benzene rings is 1. The van der Waals surface area contributed by atoms with Crippen LogP contribution >= 0.6 is 0 Å². The highest BCUT2D eigenvalue weighted by atomic mass is 16.5. The van der Waals surface area contributed by atoms with Gasteiger partial charge in [0.25, 0.3) is 0 Å². The van der Waals surface area contributed by atoms with Gasteiger partial charge in [0.1, 0.15) is 5.75 Å². The van der Waals surface area contributed by atoms with E-state index in [1.54, 1.807) is 11.8 Å². The summed E-state index contributed by atoms with van der Waals surface area (Å²) in [6.07, 6.45) is 5.32. The number of hydrogen-bond donors (Lipinski definition) is 2. The highest BCUT2D eigenvalue weighted by Crippen LogP contribution is 2.31. The van der Waals surface area contributed by atoms with Crippen molar-refractivity contribution >= 4 is 17.7 Å². The summed E-state index contributed by atoms with van der Waals surface area (Å²) in [6, 6.07) is 7.11. The standard InChI is InChI=1S/C18H24N2O4/c1-18(16(21)22)9-10-20(12-18)17(23)19-13-5-4-8-15(11-13)24-14-6-2-3-7-14/h4-5,8,11,14H,2-3,6-7,9-10,12H2,1H3,(H,19,23)(H,21,22). The molecule has 1 aromatic rings. The molecule has 0 spiro atoms. The predicted molar refractivity (Wildman–Crippen MR) is 90.3 cm³/mol. The van der Waals surface area contributed by atoms with Crippen LogP contribution in [0.25, 0.3) is 0 Å². The van der Waals surface area contributed by atoms with Crippen LogP contribution in [0.5, 0.6) is 5.75 Å². The quantitative estimate of drug-likeness (QED) is 0.886. The highest BCUT2D eigenvalue weighted by Gasteiger charge is 2.42. The van der Waals surface area contributed by atoms with E-state index in [0.717, 1.165) is 18.6 Å². The lowest BCUT2D eigenvalue weighted by atomic mass is 9.90. The van der Waals surface area contributed by atoms with E-state index in [1.807, 2.05) is 24.3 Å². The van der Waals surface area contributed by atoms with Crippen molar-refractivity contribution in [1.82, 2.24) is 4.90 Å². The van der Waals surface area contributed by atoms with Gasteiger partial charge in [0.2, 0.25) is 0 Å². The molecule has 1 aliphatic carbocycles. The molecule has 2 amide bonds. The van der Waals surface area contributed by atoms with Crippen LogP contribution < -0.4 is 10.1 Å². The molecule has 1 unspecified atom stereocenters. The zero-order chi connectivity index (χ0) is 17.2. The van der Waals surface area contributed by atoms with Crippen LogP contribution in [-0.2, 0) is 4.79 Å². The monoisotopic (exact) mass is 332 g/mol. The van der Waals surface area contributed by atoms with E-state index in [9.17, 15) is 14.7 Å². The third kappa shape index (κ3) is 3.63. The topological polar surface area (TPSA) is 78.9 Å². The second-order valence-electron chi connectivity index (χ2n) is 7.02. The molecule has 0 bridgehead atoms. The van der Waals surface area contributed by atoms with E-state index in [0.29, 0.717) is 18.7 Å². The first-order valence-corrected chi connectivity index (χ1v) is 8.52. The average molecular weight is 332 g/mol. The summed E-state index contributed by atoms with van der Waals surface area (Å²) in [5, 5.41) is 12.1. The molecule has 1 atom stereocenters. The molecular weight excluding hydrogens is 308 g/mol. The number of anilines is 1. The molecule has 1 heterocycles. The third-order valence-corrected chi connectivity index (χ3v) is 4.97. The first kappa shape index (κ1) is 16.6. The van der Waals surface area contributed by atoms with Gasteiger partial charge >= 0.3 is 12.0 Å². The average Bonchev–Trinajstić information content (AvgIpc) is 3.18. The van der Waals surface area contributed by atoms with Crippen LogP contribution in [0.2, 0.25) is 0 Å². The van der Waals surface area contributed by atoms with E-state index >= 15 is 0 Å². The lowest BCUT2D eigenvalue weighted by Crippen LogP contribution is -2.37. The van der Waals surface area contributed by atoms with Gasteiger partial charge in [-0.25, -0.2) is 4.79 Å². The Kier molecular flexibility index (Phi) is 4.64. The number of rotatable bonds is 4. The number of likely N-dealkylation sites (tertiary alicyclic amines) is 1. The normalized spacial score (nSPS) is 24.1. The van der Waals surface area contributed by atoms with E-state index in [1.165, 1.54) is 12.8 Å². The van der Waals surface area contributed by atoms with E-state index in [4.69, 9.17) is 4.74 Å². The number of amides is 2. The Morgan fingerprint density at radius 3 is 2.75 bits per heavy atom. The number of nitrogens with one attached hydrogen (secondary N) is 1. The molecule has 2 N–H and O–H groups in total. The van der Waals surface area contributed by atoms with Crippen molar-refractivity contribution in [2.75, 3.05) is 18.4 Å². The fourth-order valence-electron chi connectivity index (χ4n) is 3.36. The summed E-state index contributed by atoms with van der Waals surface area (Å²) in [6.45, 7) is 2.36. The lowest BCUT2D eigenvalue weighted by molar-refractivity contribution is -0.146. The molecule has 130 valence electrons. The minimum Gasteiger partial charge on any atom is -0.490 e. The van der Waals surface area contributed by atoms with Crippen molar-refractivity contribution in [3.8, 4) is 5.75 Å². The third-order valence-electron chi connectivity index (χ3n) is 4.97. The molecule has 6 heteroatoms. The number of aliphatic carboxylic acids is 1. The Labute approximate surface area is 141 Å². The maximum absolute atomic E-state index is 12.4. The Morgan fingerprint density at radius 2 is 2.08 bits per heavy atom. The number of hydrogen-bond acceptors (Lipinski definition) is 3. The molecule has 1 aromatic carbocycles. The fourth-order valence-corrected chi connectivity index (χ4v) is 3.36. The molecule has 2 aliphatic rings. The maximum Gasteiger partial charge on any atom is 0.321 e. The Bertz CT molecular complexity index is 627. The number of urea groups is 1. The van der Waals surface area contributed by atoms with Gasteiger partial charge in [0.15, 0.2) is 0 Å². The van der Waals surface area contributed by atoms with Crippen molar-refractivity contribution < 1.29 is 19.4 Å². The number of ether oxygens (including phenoxy) is 1. The van der Waals surface area contributed by atoms with Crippen LogP contribution in [0.1, 0.15) is 39.0 Å². The molecule has 3 rings (SSSR count). The number of nitrogens with zero attached hydrogens (tertiary/aromatic N) is 1. The molecule has 1 aliphatic heterocycles. The molecule has 1 saturated carbocycles. The summed E-state index contributed by atoms with van der Waals surface area (Å²) >= 11 is 0. The summed E-state index contributed by atoms with van der Waals surface area (Å²) in [7, 11) is 0. The van der Waals surface area contributed by atoms with Gasteiger partial charge in [0, 0.05) is 24.8 Å². The first-order chi connectivity index (χ1) is 11.5. The first-order valence-electron chi connectivity index (χ1n) is 8.52. The van der Waals surface area contributed by atoms with Crippen molar-refractivity contribution in [3.63, 3.8) is 0 Å². The maximum atomic E-state index is 12.4. The van der Waals surface area contributed by atoms with Crippen molar-refractivity contribution in [2.24, 2.45) is 5.41 Å². The number of carbonyl (C=O) groups is 2. The number of carbonyl (C=O) groups excluding carboxylic acids is 1. The molecule has 0 radical (unpaired) electrons. The molecule has 0 aromatic heterocycles. The molecule has 6 nitrogen and oxygen atoms in total. The minimum absolute atomic E-state index is 0.229. The Hall–Kier alpha value is -2.24. The smallest absolute Gasteiger partial charge is 0.321 e. The second kappa shape index (κ2) is 6.71. The van der Waals surface area contributed by atoms with E-state index in [-0.39, 0.29) is 18.7 Å². The number of carboxylic acid groups (broad SMARTS) is 1. The van der Waals surface area contributed by atoms with E-state index < -0.39 is 11.4 Å². The summed E-state index contributed by atoms with van der Waals surface area (Å²) in [5.74, 6) is -0.0961. The lowest BCUT2D eigenvalue weighted by Gasteiger charge is -2.21. The summed E-state index contributed by atoms with van der Waals surface area (Å²) in [5.41, 5.74) is -0.190. The van der Waals surface area contributed by atoms with Gasteiger partial charge in [-0.3, -0.25) is 4.79 Å². The predicted octanol–water partition coefficient (Wildman–Crippen LogP) is 3.34. The van der Waals surface area contributed by atoms with Crippen molar-refractivity contribution in [3.05, 3.63) is 24.3 Å². The highest BCUT2D eigenvalue weighted by molar-refractivity contribution is 5.90. The fraction of sp³-hybridized carbons (Fsp3) is 0.556. The second-order valence-corrected chi connectivity index (χ2v) is 7.02. The zero-order valence-electron chi connectivity index (χ0n) is 14.0. The van der Waals surface area contributed by atoms with Crippen molar-refractivity contribution in [2.45, 2.75) is 45.1 Å². The minimum atomic E-state index is -0.857. The van der Waals surface area contributed by atoms with Crippen LogP contribution in [0.15, 0.2) is 24.3 Å². The van der Waals surface area contributed by atoms with Gasteiger partial charge in [-0.15, -0.1) is 0 Å². The van der Waals surface area contributed by atoms with Gasteiger partial charge in [-0.05, 0) is 51.2 Å². The molecule has 24 heavy (non-hydrogen) atoms. The Balaban J connectivity index is 1.59. The zero-order valence-corrected chi connectivity index (χ0v) is 14.0. The molecule has 1 saturated heterocycles. The summed E-state index contributed by atoms with van der Waals surface area (Å²) in [4.78, 5) is 25.2. The van der Waals surface area contributed by atoms with Gasteiger partial charge < -0.3 is 20.1 Å². The van der Waals surface area contributed by atoms with Crippen molar-refractivity contribution in [1.29, 1.82) is 0 Å². The van der Waals surface area contributed by atoms with Crippen LogP contribution in [-0.4, -0.2) is 41.2 Å². The molecular formula is C18H24N2O4. The number of carboxylic acids is 1.